The molecule has 0 heterocycles. The number of nitrogens with one attached hydrogen (secondary N) is 1. The fourth-order valence-corrected chi connectivity index (χ4v) is 2.35. The second-order valence-electron chi connectivity index (χ2n) is 5.74. The van der Waals surface area contributed by atoms with Crippen molar-refractivity contribution in [2.45, 2.75) is 25.4 Å². The van der Waals surface area contributed by atoms with Crippen molar-refractivity contribution in [3.8, 4) is 11.1 Å². The van der Waals surface area contributed by atoms with Crippen LogP contribution in [0.1, 0.15) is 24.5 Å². The van der Waals surface area contributed by atoms with Crippen molar-refractivity contribution in [3.63, 3.8) is 0 Å². The van der Waals surface area contributed by atoms with Gasteiger partial charge in [-0.15, -0.1) is 0 Å². The summed E-state index contributed by atoms with van der Waals surface area (Å²) in [6.45, 7) is 0. The Hall–Kier alpha value is -2.27. The lowest BCUT2D eigenvalue weighted by atomic mass is 10.0. The Balaban J connectivity index is 1.70. The number of carbonyl (C=O) groups is 1. The Morgan fingerprint density at radius 2 is 1.52 bits per heavy atom. The molecule has 1 atom stereocenters. The maximum Gasteiger partial charge on any atom is 0.268 e. The third kappa shape index (κ3) is 3.74. The molecule has 0 aromatic heterocycles. The summed E-state index contributed by atoms with van der Waals surface area (Å²) >= 11 is 0. The van der Waals surface area contributed by atoms with Crippen LogP contribution < -0.4 is 5.32 Å². The van der Waals surface area contributed by atoms with E-state index in [0.717, 1.165) is 29.7 Å². The quantitative estimate of drug-likeness (QED) is 0.875. The van der Waals surface area contributed by atoms with Crippen LogP contribution in [0.15, 0.2) is 48.5 Å². The molecule has 0 saturated heterocycles. The number of benzene rings is 2. The Morgan fingerprint density at radius 3 is 2.00 bits per heavy atom. The number of rotatable bonds is 5. The minimum atomic E-state index is -2.80. The molecular weight excluding hydrogens is 300 g/mol. The molecule has 2 aromatic rings. The van der Waals surface area contributed by atoms with Crippen LogP contribution in [-0.4, -0.2) is 17.4 Å². The van der Waals surface area contributed by atoms with Crippen LogP contribution in [-0.2, 0) is 4.79 Å². The molecule has 0 bridgehead atoms. The lowest BCUT2D eigenvalue weighted by Gasteiger charge is -2.11. The molecule has 1 fully saturated rings. The minimum Gasteiger partial charge on any atom is -0.382 e. The molecular formula is C18H17F2NO2. The van der Waals surface area contributed by atoms with E-state index in [-0.39, 0.29) is 17.4 Å². The highest BCUT2D eigenvalue weighted by molar-refractivity contribution is 5.94. The molecule has 3 nitrogen and oxygen atoms in total. The zero-order valence-electron chi connectivity index (χ0n) is 12.4. The first-order chi connectivity index (χ1) is 11.0. The average molecular weight is 317 g/mol. The van der Waals surface area contributed by atoms with Crippen molar-refractivity contribution in [1.29, 1.82) is 0 Å². The van der Waals surface area contributed by atoms with Gasteiger partial charge in [-0.2, -0.15) is 0 Å². The number of alkyl halides is 2. The number of aliphatic hydroxyl groups is 1. The summed E-state index contributed by atoms with van der Waals surface area (Å²) in [4.78, 5) is 11.7. The van der Waals surface area contributed by atoms with Crippen molar-refractivity contribution in [3.05, 3.63) is 54.1 Å². The summed E-state index contributed by atoms with van der Waals surface area (Å²) < 4.78 is 24.9. The molecule has 23 heavy (non-hydrogen) atoms. The first kappa shape index (κ1) is 15.6. The Bertz CT molecular complexity index is 679. The molecule has 0 aliphatic heterocycles. The maximum absolute atomic E-state index is 12.5. The van der Waals surface area contributed by atoms with Crippen LogP contribution in [0.25, 0.3) is 11.1 Å². The first-order valence-electron chi connectivity index (χ1n) is 7.52. The van der Waals surface area contributed by atoms with Gasteiger partial charge in [-0.05, 0) is 41.7 Å². The van der Waals surface area contributed by atoms with Crippen LogP contribution in [0.2, 0.25) is 0 Å². The normalized spacial score (nSPS) is 15.5. The van der Waals surface area contributed by atoms with Crippen LogP contribution in [0.3, 0.4) is 0 Å². The highest BCUT2D eigenvalue weighted by Crippen LogP contribution is 2.30. The van der Waals surface area contributed by atoms with E-state index in [1.54, 1.807) is 12.1 Å². The van der Waals surface area contributed by atoms with E-state index >= 15 is 0 Å². The Labute approximate surface area is 133 Å². The van der Waals surface area contributed by atoms with Crippen molar-refractivity contribution in [1.82, 2.24) is 0 Å². The summed E-state index contributed by atoms with van der Waals surface area (Å²) in [6, 6.07) is 13.7. The van der Waals surface area contributed by atoms with E-state index in [0.29, 0.717) is 0 Å². The smallest absolute Gasteiger partial charge is 0.268 e. The second kappa shape index (κ2) is 6.46. The zero-order valence-corrected chi connectivity index (χ0v) is 12.4. The molecule has 0 unspecified atom stereocenters. The number of carbonyl (C=O) groups excluding carboxylic acids is 1. The van der Waals surface area contributed by atoms with Gasteiger partial charge in [0.25, 0.3) is 6.43 Å². The van der Waals surface area contributed by atoms with Gasteiger partial charge in [-0.25, -0.2) is 8.78 Å². The highest BCUT2D eigenvalue weighted by atomic mass is 19.3. The Morgan fingerprint density at radius 1 is 1.00 bits per heavy atom. The number of amides is 1. The SMILES string of the molecule is O=C(Nc1ccc(-c2ccc([C@H](O)C(F)F)cc2)cc1)C1CC1. The van der Waals surface area contributed by atoms with Crippen LogP contribution >= 0.6 is 0 Å². The van der Waals surface area contributed by atoms with Crippen molar-refractivity contribution in [2.75, 3.05) is 5.32 Å². The van der Waals surface area contributed by atoms with Crippen LogP contribution in [0, 0.1) is 5.92 Å². The molecule has 1 aliphatic carbocycles. The van der Waals surface area contributed by atoms with Crippen molar-refractivity contribution < 1.29 is 18.7 Å². The topological polar surface area (TPSA) is 49.3 Å². The molecule has 0 radical (unpaired) electrons. The molecule has 1 aliphatic rings. The van der Waals surface area contributed by atoms with Gasteiger partial charge in [-0.3, -0.25) is 4.79 Å². The lowest BCUT2D eigenvalue weighted by molar-refractivity contribution is -0.117. The number of anilines is 1. The van der Waals surface area contributed by atoms with Crippen molar-refractivity contribution >= 4 is 11.6 Å². The second-order valence-corrected chi connectivity index (χ2v) is 5.74. The average Bonchev–Trinajstić information content (AvgIpc) is 3.40. The standard InChI is InChI=1S/C18H17F2NO2/c19-17(20)16(22)13-3-1-11(2-4-13)12-7-9-15(10-8-12)21-18(23)14-5-6-14/h1-4,7-10,14,16-17,22H,5-6H2,(H,21,23)/t16-/m0/s1. The van der Waals surface area contributed by atoms with Gasteiger partial charge in [0.1, 0.15) is 6.10 Å². The number of hydrogen-bond donors (Lipinski definition) is 2. The molecule has 2 N–H and O–H groups in total. The molecule has 1 amide bonds. The largest absolute Gasteiger partial charge is 0.382 e. The van der Waals surface area contributed by atoms with Gasteiger partial charge in [0.05, 0.1) is 0 Å². The Kier molecular flexibility index (Phi) is 4.39. The number of hydrogen-bond acceptors (Lipinski definition) is 2. The van der Waals surface area contributed by atoms with Crippen LogP contribution in [0.5, 0.6) is 0 Å². The third-order valence-electron chi connectivity index (χ3n) is 3.92. The predicted octanol–water partition coefficient (Wildman–Crippen LogP) is 4.00. The van der Waals surface area contributed by atoms with Gasteiger partial charge >= 0.3 is 0 Å². The fraction of sp³-hybridized carbons (Fsp3) is 0.278. The summed E-state index contributed by atoms with van der Waals surface area (Å²) in [5.74, 6) is 0.214. The van der Waals surface area contributed by atoms with Gasteiger partial charge in [0, 0.05) is 11.6 Å². The lowest BCUT2D eigenvalue weighted by Crippen LogP contribution is -2.12. The molecule has 120 valence electrons. The summed E-state index contributed by atoms with van der Waals surface area (Å²) in [6.07, 6.45) is -2.64. The zero-order chi connectivity index (χ0) is 16.4. The monoisotopic (exact) mass is 317 g/mol. The van der Waals surface area contributed by atoms with Gasteiger partial charge < -0.3 is 10.4 Å². The minimum absolute atomic E-state index is 0.0584. The molecule has 5 heteroatoms. The summed E-state index contributed by atoms with van der Waals surface area (Å²) in [5, 5.41) is 12.2. The fourth-order valence-electron chi connectivity index (χ4n) is 2.35. The molecule has 3 rings (SSSR count). The molecule has 2 aromatic carbocycles. The molecule has 0 spiro atoms. The van der Waals surface area contributed by atoms with Gasteiger partial charge in [-0.1, -0.05) is 36.4 Å². The third-order valence-corrected chi connectivity index (χ3v) is 3.92. The van der Waals surface area contributed by atoms with Crippen molar-refractivity contribution in [2.24, 2.45) is 5.92 Å². The predicted molar refractivity (Wildman–Crippen MR) is 84.2 cm³/mol. The van der Waals surface area contributed by atoms with E-state index in [2.05, 4.69) is 5.32 Å². The summed E-state index contributed by atoms with van der Waals surface area (Å²) in [7, 11) is 0. The van der Waals surface area contributed by atoms with Gasteiger partial charge in [0.2, 0.25) is 5.91 Å². The number of aliphatic hydroxyl groups excluding tert-OH is 1. The van der Waals surface area contributed by atoms with E-state index < -0.39 is 12.5 Å². The van der Waals surface area contributed by atoms with E-state index in [4.69, 9.17) is 0 Å². The van der Waals surface area contributed by atoms with E-state index in [1.807, 2.05) is 24.3 Å². The number of halogens is 2. The molecule has 1 saturated carbocycles. The van der Waals surface area contributed by atoms with Crippen LogP contribution in [0.4, 0.5) is 14.5 Å². The maximum atomic E-state index is 12.5. The summed E-state index contributed by atoms with van der Waals surface area (Å²) in [5.41, 5.74) is 2.70. The first-order valence-corrected chi connectivity index (χ1v) is 7.52. The van der Waals surface area contributed by atoms with E-state index in [1.165, 1.54) is 12.1 Å². The van der Waals surface area contributed by atoms with E-state index in [9.17, 15) is 18.7 Å². The van der Waals surface area contributed by atoms with Gasteiger partial charge in [0.15, 0.2) is 0 Å². The highest BCUT2D eigenvalue weighted by Gasteiger charge is 2.29.